The SMILES string of the molecule is CN(C)c1ccc(CC2CCCCC2(O)Cc2ccccc2Cl)cc1.Cl. The van der Waals surface area contributed by atoms with E-state index in [-0.39, 0.29) is 18.3 Å². The van der Waals surface area contributed by atoms with Crippen molar-refractivity contribution in [1.29, 1.82) is 0 Å². The zero-order valence-corrected chi connectivity index (χ0v) is 17.2. The molecule has 4 heteroatoms. The smallest absolute Gasteiger partial charge is 0.0719 e. The summed E-state index contributed by atoms with van der Waals surface area (Å²) >= 11 is 6.34. The first kappa shape index (κ1) is 21.1. The lowest BCUT2D eigenvalue weighted by atomic mass is 9.70. The number of nitrogens with zero attached hydrogens (tertiary/aromatic N) is 1. The van der Waals surface area contributed by atoms with Crippen LogP contribution in [0, 0.1) is 5.92 Å². The molecule has 2 nitrogen and oxygen atoms in total. The number of anilines is 1. The molecule has 0 bridgehead atoms. The molecule has 0 spiro atoms. The molecule has 1 N–H and O–H groups in total. The van der Waals surface area contributed by atoms with Crippen LogP contribution in [0.2, 0.25) is 5.02 Å². The maximum absolute atomic E-state index is 11.4. The van der Waals surface area contributed by atoms with Crippen LogP contribution in [0.25, 0.3) is 0 Å². The molecular formula is C22H29Cl2NO. The highest BCUT2D eigenvalue weighted by molar-refractivity contribution is 6.31. The van der Waals surface area contributed by atoms with Gasteiger partial charge in [0.1, 0.15) is 0 Å². The molecule has 0 aliphatic heterocycles. The van der Waals surface area contributed by atoms with Gasteiger partial charge in [-0.05, 0) is 54.5 Å². The molecule has 26 heavy (non-hydrogen) atoms. The first-order valence-electron chi connectivity index (χ1n) is 9.20. The first-order chi connectivity index (χ1) is 12.0. The maximum atomic E-state index is 11.4. The second kappa shape index (κ2) is 9.12. The summed E-state index contributed by atoms with van der Waals surface area (Å²) in [5.74, 6) is 0.280. The number of hydrogen-bond donors (Lipinski definition) is 1. The Morgan fingerprint density at radius 2 is 1.77 bits per heavy atom. The molecule has 142 valence electrons. The minimum atomic E-state index is -0.663. The minimum Gasteiger partial charge on any atom is -0.389 e. The van der Waals surface area contributed by atoms with Crippen molar-refractivity contribution in [3.8, 4) is 0 Å². The van der Waals surface area contributed by atoms with E-state index in [1.54, 1.807) is 0 Å². The van der Waals surface area contributed by atoms with Gasteiger partial charge in [-0.1, -0.05) is 54.8 Å². The van der Waals surface area contributed by atoms with E-state index in [0.717, 1.165) is 36.3 Å². The molecule has 1 aliphatic carbocycles. The van der Waals surface area contributed by atoms with Crippen LogP contribution in [-0.2, 0) is 12.8 Å². The van der Waals surface area contributed by atoms with E-state index < -0.39 is 5.60 Å². The van der Waals surface area contributed by atoms with Gasteiger partial charge in [-0.15, -0.1) is 12.4 Å². The van der Waals surface area contributed by atoms with Gasteiger partial charge in [-0.2, -0.15) is 0 Å². The Hall–Kier alpha value is -1.22. The summed E-state index contributed by atoms with van der Waals surface area (Å²) in [5, 5.41) is 12.2. The van der Waals surface area contributed by atoms with Gasteiger partial charge in [0.05, 0.1) is 5.60 Å². The first-order valence-corrected chi connectivity index (χ1v) is 9.58. The molecule has 2 aromatic carbocycles. The summed E-state index contributed by atoms with van der Waals surface area (Å²) in [4.78, 5) is 2.11. The molecule has 2 aromatic rings. The second-order valence-electron chi connectivity index (χ2n) is 7.58. The van der Waals surface area contributed by atoms with Crippen LogP contribution < -0.4 is 4.90 Å². The molecule has 2 atom stereocenters. The highest BCUT2D eigenvalue weighted by Gasteiger charge is 2.39. The van der Waals surface area contributed by atoms with Gasteiger partial charge in [0.15, 0.2) is 0 Å². The van der Waals surface area contributed by atoms with E-state index >= 15 is 0 Å². The lowest BCUT2D eigenvalue weighted by molar-refractivity contribution is -0.0476. The Balaban J connectivity index is 0.00000243. The highest BCUT2D eigenvalue weighted by atomic mass is 35.5. The zero-order valence-electron chi connectivity index (χ0n) is 15.6. The predicted molar refractivity (Wildman–Crippen MR) is 114 cm³/mol. The van der Waals surface area contributed by atoms with Gasteiger partial charge in [0.25, 0.3) is 0 Å². The van der Waals surface area contributed by atoms with Gasteiger partial charge < -0.3 is 10.0 Å². The lowest BCUT2D eigenvalue weighted by Gasteiger charge is -2.40. The number of hydrogen-bond acceptors (Lipinski definition) is 2. The summed E-state index contributed by atoms with van der Waals surface area (Å²) in [7, 11) is 4.11. The van der Waals surface area contributed by atoms with Gasteiger partial charge in [-0.3, -0.25) is 0 Å². The van der Waals surface area contributed by atoms with Crippen molar-refractivity contribution >= 4 is 29.7 Å². The monoisotopic (exact) mass is 393 g/mol. The summed E-state index contributed by atoms with van der Waals surface area (Å²) in [6.45, 7) is 0. The molecule has 0 radical (unpaired) electrons. The largest absolute Gasteiger partial charge is 0.389 e. The van der Waals surface area contributed by atoms with Crippen LogP contribution in [-0.4, -0.2) is 24.8 Å². The molecule has 0 saturated heterocycles. The summed E-state index contributed by atoms with van der Waals surface area (Å²) in [5.41, 5.74) is 2.90. The number of halogens is 2. The van der Waals surface area contributed by atoms with E-state index in [0.29, 0.717) is 6.42 Å². The number of aliphatic hydroxyl groups is 1. The fraction of sp³-hybridized carbons (Fsp3) is 0.455. The predicted octanol–water partition coefficient (Wildman–Crippen LogP) is 5.53. The standard InChI is InChI=1S/C22H28ClNO.ClH/c1-24(2)20-12-10-17(11-13-20)15-19-8-5-6-14-22(19,25)16-18-7-3-4-9-21(18)23;/h3-4,7,9-13,19,25H,5-6,8,14-16H2,1-2H3;1H. The Bertz CT molecular complexity index is 702. The molecule has 1 aliphatic rings. The van der Waals surface area contributed by atoms with Crippen molar-refractivity contribution in [2.24, 2.45) is 5.92 Å². The topological polar surface area (TPSA) is 23.5 Å². The molecule has 3 rings (SSSR count). The molecular weight excluding hydrogens is 365 g/mol. The van der Waals surface area contributed by atoms with Crippen molar-refractivity contribution in [2.75, 3.05) is 19.0 Å². The van der Waals surface area contributed by atoms with E-state index in [2.05, 4.69) is 43.3 Å². The zero-order chi connectivity index (χ0) is 17.9. The number of benzene rings is 2. The van der Waals surface area contributed by atoms with Crippen LogP contribution in [0.15, 0.2) is 48.5 Å². The summed E-state index contributed by atoms with van der Waals surface area (Å²) < 4.78 is 0. The van der Waals surface area contributed by atoms with Gasteiger partial charge >= 0.3 is 0 Å². The van der Waals surface area contributed by atoms with Gasteiger partial charge in [0, 0.05) is 31.2 Å². The molecule has 0 amide bonds. The van der Waals surface area contributed by atoms with Crippen molar-refractivity contribution in [2.45, 2.75) is 44.1 Å². The highest BCUT2D eigenvalue weighted by Crippen LogP contribution is 2.39. The van der Waals surface area contributed by atoms with Crippen molar-refractivity contribution in [3.63, 3.8) is 0 Å². The molecule has 0 aromatic heterocycles. The van der Waals surface area contributed by atoms with Gasteiger partial charge in [0.2, 0.25) is 0 Å². The van der Waals surface area contributed by atoms with Crippen molar-refractivity contribution in [1.82, 2.24) is 0 Å². The Morgan fingerprint density at radius 3 is 2.42 bits per heavy atom. The van der Waals surface area contributed by atoms with Crippen LogP contribution in [0.3, 0.4) is 0 Å². The Morgan fingerprint density at radius 1 is 1.08 bits per heavy atom. The summed E-state index contributed by atoms with van der Waals surface area (Å²) in [6, 6.07) is 16.6. The average Bonchev–Trinajstić information content (AvgIpc) is 2.60. The molecule has 1 fully saturated rings. The van der Waals surface area contributed by atoms with Crippen molar-refractivity contribution in [3.05, 3.63) is 64.7 Å². The van der Waals surface area contributed by atoms with Crippen LogP contribution in [0.1, 0.15) is 36.8 Å². The summed E-state index contributed by atoms with van der Waals surface area (Å²) in [6.07, 6.45) is 5.80. The Labute approximate surface area is 168 Å². The third-order valence-corrected chi connectivity index (χ3v) is 5.93. The van der Waals surface area contributed by atoms with Crippen LogP contribution in [0.4, 0.5) is 5.69 Å². The van der Waals surface area contributed by atoms with E-state index in [1.165, 1.54) is 17.7 Å². The quantitative estimate of drug-likeness (QED) is 0.720. The minimum absolute atomic E-state index is 0. The van der Waals surface area contributed by atoms with Crippen LogP contribution in [0.5, 0.6) is 0 Å². The second-order valence-corrected chi connectivity index (χ2v) is 7.99. The normalized spacial score (nSPS) is 22.5. The van der Waals surface area contributed by atoms with Crippen molar-refractivity contribution < 1.29 is 5.11 Å². The third kappa shape index (κ3) is 4.94. The maximum Gasteiger partial charge on any atom is 0.0719 e. The Kier molecular flexibility index (Phi) is 7.40. The third-order valence-electron chi connectivity index (χ3n) is 5.56. The van der Waals surface area contributed by atoms with E-state index in [9.17, 15) is 5.11 Å². The van der Waals surface area contributed by atoms with Gasteiger partial charge in [-0.25, -0.2) is 0 Å². The molecule has 1 saturated carbocycles. The average molecular weight is 394 g/mol. The fourth-order valence-corrected chi connectivity index (χ4v) is 4.21. The van der Waals surface area contributed by atoms with Crippen LogP contribution >= 0.6 is 24.0 Å². The molecule has 2 unspecified atom stereocenters. The fourth-order valence-electron chi connectivity index (χ4n) is 4.01. The number of rotatable bonds is 5. The van der Waals surface area contributed by atoms with E-state index in [1.807, 2.05) is 24.3 Å². The lowest BCUT2D eigenvalue weighted by Crippen LogP contribution is -2.43. The van der Waals surface area contributed by atoms with E-state index in [4.69, 9.17) is 11.6 Å². The molecule has 0 heterocycles.